The molecule has 8 heteroatoms. The third-order valence-corrected chi connectivity index (χ3v) is 3.63. The lowest BCUT2D eigenvalue weighted by Crippen LogP contribution is -2.27. The van der Waals surface area contributed by atoms with Crippen LogP contribution in [0.5, 0.6) is 0 Å². The minimum atomic E-state index is -0.234. The van der Waals surface area contributed by atoms with Crippen LogP contribution in [0.3, 0.4) is 0 Å². The largest absolute Gasteiger partial charge is 0.396 e. The number of anilines is 1. The number of nitrogens with two attached hydrogens (primary N) is 1. The highest BCUT2D eigenvalue weighted by atomic mass is 32.1. The summed E-state index contributed by atoms with van der Waals surface area (Å²) in [6.45, 7) is 1.88. The Balaban J connectivity index is 1.89. The summed E-state index contributed by atoms with van der Waals surface area (Å²) in [6.07, 6.45) is 3.13. The number of methoxy groups -OCH3 is 1. The summed E-state index contributed by atoms with van der Waals surface area (Å²) in [5.74, 6) is -0.234. The normalized spacial score (nSPS) is 10.8. The van der Waals surface area contributed by atoms with Crippen LogP contribution in [0.2, 0.25) is 0 Å². The molecule has 2 aromatic rings. The summed E-state index contributed by atoms with van der Waals surface area (Å²) in [5.41, 5.74) is 6.85. The Morgan fingerprint density at radius 3 is 2.90 bits per heavy atom. The third kappa shape index (κ3) is 3.41. The van der Waals surface area contributed by atoms with Gasteiger partial charge in [0.25, 0.3) is 5.91 Å². The van der Waals surface area contributed by atoms with Crippen molar-refractivity contribution in [3.8, 4) is 0 Å². The van der Waals surface area contributed by atoms with Gasteiger partial charge in [0.15, 0.2) is 0 Å². The Morgan fingerprint density at radius 2 is 2.15 bits per heavy atom. The van der Waals surface area contributed by atoms with Crippen molar-refractivity contribution >= 4 is 33.3 Å². The summed E-state index contributed by atoms with van der Waals surface area (Å²) < 4.78 is 10.1. The lowest BCUT2D eigenvalue weighted by atomic mass is 10.3. The molecule has 2 rings (SSSR count). The number of aromatic nitrogens is 2. The van der Waals surface area contributed by atoms with Crippen LogP contribution >= 0.6 is 11.3 Å². The first-order valence-electron chi connectivity index (χ1n) is 6.08. The van der Waals surface area contributed by atoms with E-state index < -0.39 is 0 Å². The molecule has 0 unspecified atom stereocenters. The van der Waals surface area contributed by atoms with Crippen LogP contribution < -0.4 is 11.1 Å². The molecule has 0 bridgehead atoms. The van der Waals surface area contributed by atoms with Gasteiger partial charge in [-0.25, -0.2) is 9.97 Å². The fourth-order valence-corrected chi connectivity index (χ4v) is 2.51. The third-order valence-electron chi connectivity index (χ3n) is 2.53. The van der Waals surface area contributed by atoms with Crippen LogP contribution in [0.4, 0.5) is 5.69 Å². The number of nitrogen functional groups attached to an aromatic ring is 1. The summed E-state index contributed by atoms with van der Waals surface area (Å²) in [5, 5.41) is 2.75. The Bertz CT molecular complexity index is 587. The molecule has 7 nitrogen and oxygen atoms in total. The molecule has 0 aliphatic rings. The molecular weight excluding hydrogens is 280 g/mol. The van der Waals surface area contributed by atoms with Gasteiger partial charge in [-0.3, -0.25) is 4.79 Å². The maximum Gasteiger partial charge on any atom is 0.263 e. The fourth-order valence-electron chi connectivity index (χ4n) is 1.57. The molecule has 2 heterocycles. The number of nitrogens with one attached hydrogen (secondary N) is 1. The predicted molar refractivity (Wildman–Crippen MR) is 76.9 cm³/mol. The van der Waals surface area contributed by atoms with Gasteiger partial charge < -0.3 is 20.5 Å². The number of hydrogen-bond acceptors (Lipinski definition) is 7. The number of carbonyl (C=O) groups excluding carboxylic acids is 1. The lowest BCUT2D eigenvalue weighted by molar-refractivity contribution is 0.0693. The van der Waals surface area contributed by atoms with Gasteiger partial charge in [0.05, 0.1) is 25.5 Å². The topological polar surface area (TPSA) is 99.4 Å². The van der Waals surface area contributed by atoms with E-state index in [1.807, 2.05) is 0 Å². The van der Waals surface area contributed by atoms with E-state index in [2.05, 4.69) is 15.3 Å². The number of fused-ring (bicyclic) bond motifs is 1. The summed E-state index contributed by atoms with van der Waals surface area (Å²) >= 11 is 1.23. The highest BCUT2D eigenvalue weighted by Gasteiger charge is 2.17. The van der Waals surface area contributed by atoms with E-state index in [1.54, 1.807) is 19.5 Å². The average Bonchev–Trinajstić information content (AvgIpc) is 2.80. The molecule has 1 amide bonds. The maximum absolute atomic E-state index is 12.0. The van der Waals surface area contributed by atoms with Gasteiger partial charge in [0.2, 0.25) is 0 Å². The van der Waals surface area contributed by atoms with Crippen molar-refractivity contribution in [2.75, 3.05) is 39.2 Å². The second-order valence-electron chi connectivity index (χ2n) is 3.92. The van der Waals surface area contributed by atoms with Crippen molar-refractivity contribution in [2.24, 2.45) is 0 Å². The minimum Gasteiger partial charge on any atom is -0.396 e. The molecule has 3 N–H and O–H groups in total. The van der Waals surface area contributed by atoms with Crippen molar-refractivity contribution < 1.29 is 14.3 Å². The first kappa shape index (κ1) is 14.6. The monoisotopic (exact) mass is 296 g/mol. The van der Waals surface area contributed by atoms with E-state index >= 15 is 0 Å². The van der Waals surface area contributed by atoms with Crippen LogP contribution in [0, 0.1) is 0 Å². The van der Waals surface area contributed by atoms with Gasteiger partial charge >= 0.3 is 0 Å². The second-order valence-corrected chi connectivity index (χ2v) is 4.92. The molecule has 0 aliphatic heterocycles. The van der Waals surface area contributed by atoms with Crippen molar-refractivity contribution in [1.29, 1.82) is 0 Å². The van der Waals surface area contributed by atoms with Crippen LogP contribution in [-0.4, -0.2) is 49.4 Å². The summed E-state index contributed by atoms with van der Waals surface area (Å²) in [6, 6.07) is 0. The Morgan fingerprint density at radius 1 is 1.35 bits per heavy atom. The molecule has 0 aromatic carbocycles. The zero-order chi connectivity index (χ0) is 14.4. The molecule has 0 saturated carbocycles. The molecule has 0 spiro atoms. The SMILES string of the molecule is COCCOCCNC(=O)c1sc2nccnc2c1N. The maximum atomic E-state index is 12.0. The number of carbonyl (C=O) groups is 1. The molecule has 0 aliphatic carbocycles. The molecule has 0 fully saturated rings. The van der Waals surface area contributed by atoms with E-state index in [9.17, 15) is 4.79 Å². The average molecular weight is 296 g/mol. The number of rotatable bonds is 7. The molecule has 20 heavy (non-hydrogen) atoms. The van der Waals surface area contributed by atoms with E-state index in [1.165, 1.54) is 11.3 Å². The van der Waals surface area contributed by atoms with E-state index in [0.717, 1.165) is 0 Å². The number of thiophene rings is 1. The van der Waals surface area contributed by atoms with Gasteiger partial charge in [-0.15, -0.1) is 11.3 Å². The molecule has 0 atom stereocenters. The second kappa shape index (κ2) is 7.13. The Labute approximate surface area is 120 Å². The van der Waals surface area contributed by atoms with Crippen molar-refractivity contribution in [3.05, 3.63) is 17.3 Å². The Kier molecular flexibility index (Phi) is 5.22. The zero-order valence-electron chi connectivity index (χ0n) is 11.1. The standard InChI is InChI=1S/C12H16N4O3S/c1-18-6-7-19-5-4-15-11(17)10-8(13)9-12(20-10)16-3-2-14-9/h2-3H,4-7,13H2,1H3,(H,15,17). The van der Waals surface area contributed by atoms with Crippen molar-refractivity contribution in [1.82, 2.24) is 15.3 Å². The highest BCUT2D eigenvalue weighted by molar-refractivity contribution is 7.21. The first-order chi connectivity index (χ1) is 9.74. The fraction of sp³-hybridized carbons (Fsp3) is 0.417. The molecular formula is C12H16N4O3S. The van der Waals surface area contributed by atoms with Crippen LogP contribution in [-0.2, 0) is 9.47 Å². The van der Waals surface area contributed by atoms with E-state index in [0.29, 0.717) is 47.3 Å². The van der Waals surface area contributed by atoms with Crippen molar-refractivity contribution in [2.45, 2.75) is 0 Å². The van der Waals surface area contributed by atoms with E-state index in [-0.39, 0.29) is 5.91 Å². The molecule has 2 aromatic heterocycles. The number of nitrogens with zero attached hydrogens (tertiary/aromatic N) is 2. The van der Waals surface area contributed by atoms with Crippen molar-refractivity contribution in [3.63, 3.8) is 0 Å². The van der Waals surface area contributed by atoms with Crippen LogP contribution in [0.25, 0.3) is 10.3 Å². The molecule has 0 saturated heterocycles. The van der Waals surface area contributed by atoms with Gasteiger partial charge in [-0.05, 0) is 0 Å². The molecule has 108 valence electrons. The predicted octanol–water partition coefficient (Wildman–Crippen LogP) is 0.666. The van der Waals surface area contributed by atoms with Crippen LogP contribution in [0.1, 0.15) is 9.67 Å². The lowest BCUT2D eigenvalue weighted by Gasteiger charge is -2.05. The van der Waals surface area contributed by atoms with E-state index in [4.69, 9.17) is 15.2 Å². The Hall–Kier alpha value is -1.77. The minimum absolute atomic E-state index is 0.234. The number of amides is 1. The first-order valence-corrected chi connectivity index (χ1v) is 6.89. The summed E-state index contributed by atoms with van der Waals surface area (Å²) in [4.78, 5) is 21.4. The van der Waals surface area contributed by atoms with Crippen LogP contribution in [0.15, 0.2) is 12.4 Å². The summed E-state index contributed by atoms with van der Waals surface area (Å²) in [7, 11) is 1.61. The quantitative estimate of drug-likeness (QED) is 0.728. The van der Waals surface area contributed by atoms with Gasteiger partial charge in [-0.1, -0.05) is 0 Å². The highest BCUT2D eigenvalue weighted by Crippen LogP contribution is 2.29. The number of hydrogen-bond donors (Lipinski definition) is 2. The zero-order valence-corrected chi connectivity index (χ0v) is 11.9. The van der Waals surface area contributed by atoms with Gasteiger partial charge in [-0.2, -0.15) is 0 Å². The number of ether oxygens (including phenoxy) is 2. The van der Waals surface area contributed by atoms with Gasteiger partial charge in [0, 0.05) is 26.0 Å². The smallest absolute Gasteiger partial charge is 0.263 e. The molecule has 0 radical (unpaired) electrons. The van der Waals surface area contributed by atoms with Gasteiger partial charge in [0.1, 0.15) is 15.2 Å².